The van der Waals surface area contributed by atoms with E-state index in [4.69, 9.17) is 11.0 Å². The van der Waals surface area contributed by atoms with Gasteiger partial charge in [-0.2, -0.15) is 5.26 Å². The summed E-state index contributed by atoms with van der Waals surface area (Å²) in [5, 5.41) is 13.6. The van der Waals surface area contributed by atoms with Crippen LogP contribution in [0.25, 0.3) is 0 Å². The first kappa shape index (κ1) is 15.1. The molecule has 2 rings (SSSR count). The molecule has 0 bridgehead atoms. The molecule has 1 amide bonds. The lowest BCUT2D eigenvalue weighted by atomic mass is 10.1. The molecule has 5 nitrogen and oxygen atoms in total. The van der Waals surface area contributed by atoms with Gasteiger partial charge in [0.1, 0.15) is 16.5 Å². The number of benzene rings is 1. The number of carbonyl (C=O) groups is 1. The van der Waals surface area contributed by atoms with E-state index in [0.29, 0.717) is 5.01 Å². The second kappa shape index (κ2) is 5.99. The van der Waals surface area contributed by atoms with E-state index in [9.17, 15) is 9.18 Å². The lowest BCUT2D eigenvalue weighted by Gasteiger charge is -2.08. The number of thiazole rings is 1. The Morgan fingerprint density at radius 2 is 2.29 bits per heavy atom. The van der Waals surface area contributed by atoms with Crippen molar-refractivity contribution in [2.24, 2.45) is 5.73 Å². The van der Waals surface area contributed by atoms with Crippen molar-refractivity contribution in [3.63, 3.8) is 0 Å². The van der Waals surface area contributed by atoms with Crippen LogP contribution in [0.4, 0.5) is 10.1 Å². The molecule has 1 aromatic carbocycles. The van der Waals surface area contributed by atoms with Crippen LogP contribution in [0.5, 0.6) is 0 Å². The summed E-state index contributed by atoms with van der Waals surface area (Å²) >= 11 is 1.29. The van der Waals surface area contributed by atoms with E-state index in [1.54, 1.807) is 12.3 Å². The van der Waals surface area contributed by atoms with Crippen LogP contribution < -0.4 is 11.1 Å². The van der Waals surface area contributed by atoms with Crippen LogP contribution >= 0.6 is 11.3 Å². The Hall–Kier alpha value is -2.30. The van der Waals surface area contributed by atoms with Crippen LogP contribution in [0.2, 0.25) is 0 Å². The molecule has 108 valence electrons. The molecule has 0 saturated carbocycles. The number of amides is 1. The SMILES string of the molecule is Cc1c(F)cc(C#N)cc1NC(=O)c1csc(C(C)N)n1. The summed E-state index contributed by atoms with van der Waals surface area (Å²) < 4.78 is 13.7. The molecule has 7 heteroatoms. The number of nitrogens with one attached hydrogen (secondary N) is 1. The van der Waals surface area contributed by atoms with Crippen molar-refractivity contribution >= 4 is 22.9 Å². The van der Waals surface area contributed by atoms with Crippen molar-refractivity contribution in [3.8, 4) is 6.07 Å². The average molecular weight is 304 g/mol. The molecule has 0 spiro atoms. The summed E-state index contributed by atoms with van der Waals surface area (Å²) in [4.78, 5) is 16.2. The van der Waals surface area contributed by atoms with Gasteiger partial charge in [0.15, 0.2) is 0 Å². The minimum absolute atomic E-state index is 0.142. The number of aromatic nitrogens is 1. The highest BCUT2D eigenvalue weighted by molar-refractivity contribution is 7.09. The zero-order valence-corrected chi connectivity index (χ0v) is 12.3. The Labute approximate surface area is 125 Å². The lowest BCUT2D eigenvalue weighted by molar-refractivity contribution is 0.102. The number of anilines is 1. The largest absolute Gasteiger partial charge is 0.322 e. The standard InChI is InChI=1S/C14H13FN4OS/c1-7-10(15)3-9(5-16)4-11(7)18-13(20)12-6-21-14(19-12)8(2)17/h3-4,6,8H,17H2,1-2H3,(H,18,20). The summed E-state index contributed by atoms with van der Waals surface area (Å²) in [5.74, 6) is -1.00. The van der Waals surface area contributed by atoms with E-state index in [1.165, 1.54) is 24.3 Å². The topological polar surface area (TPSA) is 91.8 Å². The Kier molecular flexibility index (Phi) is 4.31. The first-order chi connectivity index (χ1) is 9.92. The minimum atomic E-state index is -0.543. The normalized spacial score (nSPS) is 11.8. The van der Waals surface area contributed by atoms with Crippen molar-refractivity contribution < 1.29 is 9.18 Å². The molecular formula is C14H13FN4OS. The van der Waals surface area contributed by atoms with Crippen LogP contribution in [-0.2, 0) is 0 Å². The van der Waals surface area contributed by atoms with Gasteiger partial charge in [-0.15, -0.1) is 11.3 Å². The zero-order valence-electron chi connectivity index (χ0n) is 11.5. The summed E-state index contributed by atoms with van der Waals surface area (Å²) in [7, 11) is 0. The number of hydrogen-bond acceptors (Lipinski definition) is 5. The van der Waals surface area contributed by atoms with Gasteiger partial charge in [-0.1, -0.05) is 0 Å². The number of nitriles is 1. The predicted octanol–water partition coefficient (Wildman–Crippen LogP) is 2.73. The molecule has 2 aromatic rings. The maximum absolute atomic E-state index is 13.7. The van der Waals surface area contributed by atoms with E-state index in [-0.39, 0.29) is 28.6 Å². The van der Waals surface area contributed by atoms with Crippen LogP contribution in [0.1, 0.15) is 39.6 Å². The molecule has 1 unspecified atom stereocenters. The van der Waals surface area contributed by atoms with Gasteiger partial charge in [0.05, 0.1) is 17.7 Å². The number of nitrogens with zero attached hydrogens (tertiary/aromatic N) is 2. The van der Waals surface area contributed by atoms with Gasteiger partial charge in [0.25, 0.3) is 5.91 Å². The second-order valence-electron chi connectivity index (χ2n) is 4.56. The average Bonchev–Trinajstić information content (AvgIpc) is 2.93. The van der Waals surface area contributed by atoms with Gasteiger partial charge in [0, 0.05) is 16.6 Å². The molecule has 3 N–H and O–H groups in total. The summed E-state index contributed by atoms with van der Waals surface area (Å²) in [5.41, 5.74) is 6.58. The molecule has 0 saturated heterocycles. The molecule has 0 aliphatic rings. The number of rotatable bonds is 3. The molecule has 1 heterocycles. The highest BCUT2D eigenvalue weighted by atomic mass is 32.1. The van der Waals surface area contributed by atoms with Gasteiger partial charge in [-0.05, 0) is 26.0 Å². The van der Waals surface area contributed by atoms with Gasteiger partial charge >= 0.3 is 0 Å². The maximum Gasteiger partial charge on any atom is 0.275 e. The van der Waals surface area contributed by atoms with Crippen LogP contribution in [0.15, 0.2) is 17.5 Å². The van der Waals surface area contributed by atoms with Crippen LogP contribution in [0, 0.1) is 24.1 Å². The number of halogens is 1. The lowest BCUT2D eigenvalue weighted by Crippen LogP contribution is -2.14. The zero-order chi connectivity index (χ0) is 15.6. The molecule has 21 heavy (non-hydrogen) atoms. The Morgan fingerprint density at radius 1 is 1.57 bits per heavy atom. The summed E-state index contributed by atoms with van der Waals surface area (Å²) in [6.07, 6.45) is 0. The Bertz CT molecular complexity index is 733. The van der Waals surface area contributed by atoms with E-state index in [2.05, 4.69) is 10.3 Å². The van der Waals surface area contributed by atoms with Crippen molar-refractivity contribution in [1.29, 1.82) is 5.26 Å². The van der Waals surface area contributed by atoms with Crippen LogP contribution in [-0.4, -0.2) is 10.9 Å². The molecule has 0 radical (unpaired) electrons. The molecular weight excluding hydrogens is 291 g/mol. The highest BCUT2D eigenvalue weighted by Gasteiger charge is 2.15. The number of carbonyl (C=O) groups excluding carboxylic acids is 1. The Morgan fingerprint density at radius 3 is 2.86 bits per heavy atom. The number of nitrogens with two attached hydrogens (primary N) is 1. The van der Waals surface area contributed by atoms with E-state index in [0.717, 1.165) is 6.07 Å². The third-order valence-corrected chi connectivity index (χ3v) is 3.91. The summed E-state index contributed by atoms with van der Waals surface area (Å²) in [6.45, 7) is 3.30. The quantitative estimate of drug-likeness (QED) is 0.912. The first-order valence-corrected chi connectivity index (χ1v) is 7.03. The van der Waals surface area contributed by atoms with Gasteiger partial charge in [0.2, 0.25) is 0 Å². The van der Waals surface area contributed by atoms with Gasteiger partial charge in [-0.3, -0.25) is 4.79 Å². The molecule has 1 aromatic heterocycles. The second-order valence-corrected chi connectivity index (χ2v) is 5.45. The molecule has 0 aliphatic carbocycles. The van der Waals surface area contributed by atoms with Crippen LogP contribution in [0.3, 0.4) is 0 Å². The third-order valence-electron chi connectivity index (χ3n) is 2.87. The first-order valence-electron chi connectivity index (χ1n) is 6.15. The molecule has 0 aliphatic heterocycles. The molecule has 0 fully saturated rings. The maximum atomic E-state index is 13.7. The fraction of sp³-hybridized carbons (Fsp3) is 0.214. The number of hydrogen-bond donors (Lipinski definition) is 2. The van der Waals surface area contributed by atoms with E-state index >= 15 is 0 Å². The Balaban J connectivity index is 2.27. The van der Waals surface area contributed by atoms with E-state index in [1.807, 2.05) is 6.07 Å². The predicted molar refractivity (Wildman–Crippen MR) is 78.5 cm³/mol. The monoisotopic (exact) mass is 304 g/mol. The molecule has 1 atom stereocenters. The van der Waals surface area contributed by atoms with Crippen molar-refractivity contribution in [2.45, 2.75) is 19.9 Å². The highest BCUT2D eigenvalue weighted by Crippen LogP contribution is 2.22. The summed E-state index contributed by atoms with van der Waals surface area (Å²) in [6, 6.07) is 4.15. The van der Waals surface area contributed by atoms with Gasteiger partial charge < -0.3 is 11.1 Å². The fourth-order valence-electron chi connectivity index (χ4n) is 1.66. The van der Waals surface area contributed by atoms with Crippen molar-refractivity contribution in [1.82, 2.24) is 4.98 Å². The third kappa shape index (κ3) is 3.24. The minimum Gasteiger partial charge on any atom is -0.322 e. The van der Waals surface area contributed by atoms with Crippen molar-refractivity contribution in [3.05, 3.63) is 45.2 Å². The fourth-order valence-corrected chi connectivity index (χ4v) is 2.42. The smallest absolute Gasteiger partial charge is 0.275 e. The van der Waals surface area contributed by atoms with Crippen molar-refractivity contribution in [2.75, 3.05) is 5.32 Å². The van der Waals surface area contributed by atoms with Gasteiger partial charge in [-0.25, -0.2) is 9.37 Å². The van der Waals surface area contributed by atoms with E-state index < -0.39 is 11.7 Å².